The van der Waals surface area contributed by atoms with E-state index < -0.39 is 6.04 Å². The number of nitrogens with one attached hydrogen (secondary N) is 1. The summed E-state index contributed by atoms with van der Waals surface area (Å²) in [7, 11) is 7.01. The second-order valence-corrected chi connectivity index (χ2v) is 11.6. The van der Waals surface area contributed by atoms with Gasteiger partial charge in [0.25, 0.3) is 5.91 Å². The summed E-state index contributed by atoms with van der Waals surface area (Å²) < 4.78 is 11.0. The summed E-state index contributed by atoms with van der Waals surface area (Å²) in [5.41, 5.74) is 5.80. The van der Waals surface area contributed by atoms with Gasteiger partial charge in [0.05, 0.1) is 20.0 Å². The highest BCUT2D eigenvalue weighted by molar-refractivity contribution is 7.99. The Kier molecular flexibility index (Phi) is 10.8. The molecule has 1 atom stereocenters. The number of rotatable bonds is 12. The predicted octanol–water partition coefficient (Wildman–Crippen LogP) is 5.99. The third-order valence-electron chi connectivity index (χ3n) is 7.14. The van der Waals surface area contributed by atoms with Crippen molar-refractivity contribution in [1.82, 2.24) is 14.9 Å². The highest BCUT2D eigenvalue weighted by Gasteiger charge is 2.33. The molecule has 10 heteroatoms. The summed E-state index contributed by atoms with van der Waals surface area (Å²) in [6, 6.07) is 21.6. The van der Waals surface area contributed by atoms with Gasteiger partial charge in [-0.2, -0.15) is 0 Å². The van der Waals surface area contributed by atoms with Gasteiger partial charge in [-0.05, 0) is 79.9 Å². The molecule has 1 aromatic heterocycles. The van der Waals surface area contributed by atoms with E-state index in [2.05, 4.69) is 15.3 Å². The summed E-state index contributed by atoms with van der Waals surface area (Å²) in [6.07, 6.45) is 0. The molecule has 9 nitrogen and oxygen atoms in total. The molecule has 0 radical (unpaired) electrons. The first-order chi connectivity index (χ1) is 21.1. The molecule has 44 heavy (non-hydrogen) atoms. The quantitative estimate of drug-likeness (QED) is 0.154. The van der Waals surface area contributed by atoms with E-state index in [9.17, 15) is 9.59 Å². The van der Waals surface area contributed by atoms with Crippen molar-refractivity contribution in [3.63, 3.8) is 0 Å². The number of amides is 2. The van der Waals surface area contributed by atoms with Crippen molar-refractivity contribution in [2.45, 2.75) is 38.5 Å². The molecule has 0 saturated carbocycles. The van der Waals surface area contributed by atoms with E-state index in [1.807, 2.05) is 94.4 Å². The average molecular weight is 614 g/mol. The molecule has 4 rings (SSSR count). The van der Waals surface area contributed by atoms with Crippen LogP contribution in [-0.4, -0.2) is 60.8 Å². The van der Waals surface area contributed by atoms with E-state index in [-0.39, 0.29) is 24.1 Å². The van der Waals surface area contributed by atoms with Gasteiger partial charge in [-0.15, -0.1) is 0 Å². The van der Waals surface area contributed by atoms with E-state index in [4.69, 9.17) is 9.47 Å². The van der Waals surface area contributed by atoms with E-state index in [0.29, 0.717) is 27.9 Å². The van der Waals surface area contributed by atoms with Crippen molar-refractivity contribution < 1.29 is 19.1 Å². The number of carbonyl (C=O) groups is 2. The fourth-order valence-corrected chi connectivity index (χ4v) is 5.65. The molecule has 230 valence electrons. The SMILES string of the molecule is COc1ccc([C@@H](C(=O)Nc2ccc(N(C)C)cc2)N(Cc2ccccc2C)C(=O)CSc2nc(C)cc(C)n2)cc1OC. The Balaban J connectivity index is 1.77. The summed E-state index contributed by atoms with van der Waals surface area (Å²) in [6.45, 7) is 6.00. The Morgan fingerprint density at radius 1 is 0.864 bits per heavy atom. The second kappa shape index (κ2) is 14.7. The molecule has 1 N–H and O–H groups in total. The molecule has 1 heterocycles. The summed E-state index contributed by atoms with van der Waals surface area (Å²) >= 11 is 1.25. The molecule has 0 aliphatic heterocycles. The smallest absolute Gasteiger partial charge is 0.251 e. The largest absolute Gasteiger partial charge is 0.493 e. The number of nitrogens with zero attached hydrogens (tertiary/aromatic N) is 4. The second-order valence-electron chi connectivity index (χ2n) is 10.6. The minimum atomic E-state index is -0.990. The lowest BCUT2D eigenvalue weighted by atomic mass is 10.0. The third-order valence-corrected chi connectivity index (χ3v) is 7.98. The van der Waals surface area contributed by atoms with Gasteiger partial charge in [0.15, 0.2) is 16.7 Å². The molecular weight excluding hydrogens is 574 g/mol. The molecule has 0 aliphatic carbocycles. The van der Waals surface area contributed by atoms with Crippen LogP contribution in [0.3, 0.4) is 0 Å². The van der Waals surface area contributed by atoms with Gasteiger partial charge in [-0.3, -0.25) is 9.59 Å². The zero-order chi connectivity index (χ0) is 31.8. The molecule has 0 unspecified atom stereocenters. The third kappa shape index (κ3) is 8.08. The first-order valence-corrected chi connectivity index (χ1v) is 15.2. The Labute approximate surface area is 263 Å². The first kappa shape index (κ1) is 32.3. The molecule has 0 fully saturated rings. The maximum Gasteiger partial charge on any atom is 0.251 e. The van der Waals surface area contributed by atoms with Gasteiger partial charge < -0.3 is 24.6 Å². The molecule has 3 aromatic carbocycles. The lowest BCUT2D eigenvalue weighted by molar-refractivity contribution is -0.137. The van der Waals surface area contributed by atoms with Crippen LogP contribution in [0.1, 0.15) is 34.1 Å². The van der Waals surface area contributed by atoms with Crippen LogP contribution < -0.4 is 19.7 Å². The number of anilines is 2. The molecule has 0 bridgehead atoms. The summed E-state index contributed by atoms with van der Waals surface area (Å²) in [5, 5.41) is 3.56. The average Bonchev–Trinajstić information content (AvgIpc) is 3.00. The molecule has 0 spiro atoms. The highest BCUT2D eigenvalue weighted by atomic mass is 32.2. The maximum atomic E-state index is 14.3. The number of methoxy groups -OCH3 is 2. The fourth-order valence-electron chi connectivity index (χ4n) is 4.81. The number of aryl methyl sites for hydroxylation is 3. The normalized spacial score (nSPS) is 11.4. The Morgan fingerprint density at radius 2 is 1.52 bits per heavy atom. The highest BCUT2D eigenvalue weighted by Crippen LogP contribution is 2.34. The van der Waals surface area contributed by atoms with Crippen LogP contribution in [0.25, 0.3) is 0 Å². The Bertz CT molecular complexity index is 1590. The van der Waals surface area contributed by atoms with Crippen molar-refractivity contribution in [2.24, 2.45) is 0 Å². The monoisotopic (exact) mass is 613 g/mol. The van der Waals surface area contributed by atoms with Crippen LogP contribution in [0, 0.1) is 20.8 Å². The van der Waals surface area contributed by atoms with Gasteiger partial charge in [-0.1, -0.05) is 42.1 Å². The number of aromatic nitrogens is 2. The van der Waals surface area contributed by atoms with Crippen molar-refractivity contribution in [1.29, 1.82) is 0 Å². The van der Waals surface area contributed by atoms with Crippen LogP contribution in [0.5, 0.6) is 11.5 Å². The van der Waals surface area contributed by atoms with Crippen LogP contribution in [0.15, 0.2) is 78.0 Å². The van der Waals surface area contributed by atoms with Crippen molar-refractivity contribution in [2.75, 3.05) is 44.3 Å². The maximum absolute atomic E-state index is 14.3. The lowest BCUT2D eigenvalue weighted by Crippen LogP contribution is -2.42. The first-order valence-electron chi connectivity index (χ1n) is 14.2. The van der Waals surface area contributed by atoms with Gasteiger partial charge in [0, 0.05) is 43.4 Å². The number of hydrogen-bond donors (Lipinski definition) is 1. The van der Waals surface area contributed by atoms with Gasteiger partial charge in [0.1, 0.15) is 6.04 Å². The van der Waals surface area contributed by atoms with E-state index in [1.54, 1.807) is 37.3 Å². The topological polar surface area (TPSA) is 96.9 Å². The molecule has 4 aromatic rings. The summed E-state index contributed by atoms with van der Waals surface area (Å²) in [4.78, 5) is 41.0. The fraction of sp³-hybridized carbons (Fsp3) is 0.294. The van der Waals surface area contributed by atoms with Crippen LogP contribution in [0.2, 0.25) is 0 Å². The standard InChI is InChI=1S/C34H39N5O4S/c1-22-10-8-9-11-26(22)20-39(31(40)21-44-34-35-23(2)18-24(3)36-34)32(25-12-17-29(42-6)30(19-25)43-7)33(41)37-27-13-15-28(16-14-27)38(4)5/h8-19,32H,20-21H2,1-7H3,(H,37,41)/t32-/m0/s1. The van der Waals surface area contributed by atoms with Crippen LogP contribution in [0.4, 0.5) is 11.4 Å². The number of hydrogen-bond acceptors (Lipinski definition) is 8. The predicted molar refractivity (Wildman–Crippen MR) is 176 cm³/mol. The Morgan fingerprint density at radius 3 is 2.14 bits per heavy atom. The minimum Gasteiger partial charge on any atom is -0.493 e. The summed E-state index contributed by atoms with van der Waals surface area (Å²) in [5.74, 6) is 0.431. The zero-order valence-electron chi connectivity index (χ0n) is 26.2. The van der Waals surface area contributed by atoms with Gasteiger partial charge in [-0.25, -0.2) is 9.97 Å². The minimum absolute atomic E-state index is 0.0450. The Hall–Kier alpha value is -4.57. The van der Waals surface area contributed by atoms with E-state index in [0.717, 1.165) is 28.2 Å². The van der Waals surface area contributed by atoms with E-state index in [1.165, 1.54) is 11.8 Å². The zero-order valence-corrected chi connectivity index (χ0v) is 27.1. The number of thioether (sulfide) groups is 1. The van der Waals surface area contributed by atoms with Gasteiger partial charge in [0.2, 0.25) is 5.91 Å². The molecular formula is C34H39N5O4S. The van der Waals surface area contributed by atoms with Gasteiger partial charge >= 0.3 is 0 Å². The van der Waals surface area contributed by atoms with Crippen molar-refractivity contribution in [3.8, 4) is 11.5 Å². The van der Waals surface area contributed by atoms with Crippen LogP contribution in [-0.2, 0) is 16.1 Å². The molecule has 0 saturated heterocycles. The number of benzene rings is 3. The van der Waals surface area contributed by atoms with Crippen LogP contribution >= 0.6 is 11.8 Å². The van der Waals surface area contributed by atoms with Crippen molar-refractivity contribution in [3.05, 3.63) is 101 Å². The lowest BCUT2D eigenvalue weighted by Gasteiger charge is -2.32. The number of carbonyl (C=O) groups excluding carboxylic acids is 2. The van der Waals surface area contributed by atoms with Crippen molar-refractivity contribution >= 4 is 35.0 Å². The molecule has 0 aliphatic rings. The number of ether oxygens (including phenoxy) is 2. The molecule has 2 amide bonds. The van der Waals surface area contributed by atoms with E-state index >= 15 is 0 Å².